The van der Waals surface area contributed by atoms with Crippen molar-refractivity contribution < 1.29 is 0 Å². The van der Waals surface area contributed by atoms with E-state index >= 15 is 0 Å². The molecule has 12 heavy (non-hydrogen) atoms. The molecule has 0 saturated heterocycles. The van der Waals surface area contributed by atoms with Crippen molar-refractivity contribution in [1.82, 2.24) is 0 Å². The van der Waals surface area contributed by atoms with Gasteiger partial charge in [-0.25, -0.2) is 0 Å². The van der Waals surface area contributed by atoms with E-state index in [-0.39, 0.29) is 0 Å². The van der Waals surface area contributed by atoms with E-state index in [1.165, 1.54) is 0 Å². The van der Waals surface area contributed by atoms with Gasteiger partial charge < -0.3 is 0 Å². The van der Waals surface area contributed by atoms with Gasteiger partial charge in [0, 0.05) is 23.8 Å². The molecule has 0 amide bonds. The molecule has 0 N–H and O–H groups in total. The zero-order valence-corrected chi connectivity index (χ0v) is 7.67. The molecule has 62 valence electrons. The maximum Gasteiger partial charge on any atom is 0.0412 e. The molecule has 2 heteroatoms. The molecule has 0 unspecified atom stereocenters. The van der Waals surface area contributed by atoms with Gasteiger partial charge in [0.25, 0.3) is 0 Å². The Balaban J connectivity index is 3.20. The minimum absolute atomic E-state index is 0.718. The summed E-state index contributed by atoms with van der Waals surface area (Å²) in [7, 11) is 1.73. The Morgan fingerprint density at radius 2 is 2.17 bits per heavy atom. The average molecular weight is 180 g/mol. The van der Waals surface area contributed by atoms with Crippen molar-refractivity contribution in [3.05, 3.63) is 40.9 Å². The van der Waals surface area contributed by atoms with Crippen LogP contribution in [0.1, 0.15) is 11.1 Å². The first-order valence-electron chi connectivity index (χ1n) is 3.62. The molecule has 0 heterocycles. The summed E-state index contributed by atoms with van der Waals surface area (Å²) in [6.07, 6.45) is 3.55. The summed E-state index contributed by atoms with van der Waals surface area (Å²) >= 11 is 5.81. The summed E-state index contributed by atoms with van der Waals surface area (Å²) in [6.45, 7) is 3.70. The van der Waals surface area contributed by atoms with Crippen molar-refractivity contribution in [1.29, 1.82) is 0 Å². The SMILES string of the molecule is C=Cc1ccc(Cl)cc1/C=N\C. The summed E-state index contributed by atoms with van der Waals surface area (Å²) in [6, 6.07) is 5.63. The average Bonchev–Trinajstić information content (AvgIpc) is 2.05. The Morgan fingerprint density at radius 1 is 1.42 bits per heavy atom. The van der Waals surface area contributed by atoms with Gasteiger partial charge in [-0.05, 0) is 17.7 Å². The van der Waals surface area contributed by atoms with Crippen LogP contribution in [0.25, 0.3) is 6.08 Å². The van der Waals surface area contributed by atoms with Gasteiger partial charge in [0.05, 0.1) is 0 Å². The first-order chi connectivity index (χ1) is 5.77. The predicted octanol–water partition coefficient (Wildman–Crippen LogP) is 3.03. The van der Waals surface area contributed by atoms with Crippen molar-refractivity contribution in [3.63, 3.8) is 0 Å². The minimum atomic E-state index is 0.718. The zero-order valence-electron chi connectivity index (χ0n) is 6.92. The Bertz CT molecular complexity index is 316. The van der Waals surface area contributed by atoms with Crippen molar-refractivity contribution in [2.45, 2.75) is 0 Å². The lowest BCUT2D eigenvalue weighted by Crippen LogP contribution is -1.85. The van der Waals surface area contributed by atoms with Crippen LogP contribution in [0.15, 0.2) is 29.8 Å². The number of aliphatic imine (C=N–C) groups is 1. The number of benzene rings is 1. The molecule has 0 saturated carbocycles. The fourth-order valence-corrected chi connectivity index (χ4v) is 1.16. The Hall–Kier alpha value is -1.08. The molecule has 0 radical (unpaired) electrons. The Kier molecular flexibility index (Phi) is 3.06. The molecule has 0 aromatic heterocycles. The second kappa shape index (κ2) is 4.07. The molecular formula is C10H10ClN. The smallest absolute Gasteiger partial charge is 0.0412 e. The van der Waals surface area contributed by atoms with Crippen LogP contribution in [0.5, 0.6) is 0 Å². The highest BCUT2D eigenvalue weighted by molar-refractivity contribution is 6.30. The molecule has 1 nitrogen and oxygen atoms in total. The molecule has 0 spiro atoms. The van der Waals surface area contributed by atoms with E-state index in [4.69, 9.17) is 11.6 Å². The van der Waals surface area contributed by atoms with Crippen LogP contribution in [0.3, 0.4) is 0 Å². The van der Waals surface area contributed by atoms with Crippen molar-refractivity contribution in [2.75, 3.05) is 7.05 Å². The van der Waals surface area contributed by atoms with E-state index in [2.05, 4.69) is 11.6 Å². The fraction of sp³-hybridized carbons (Fsp3) is 0.100. The molecule has 0 aliphatic heterocycles. The first-order valence-corrected chi connectivity index (χ1v) is 4.00. The molecule has 1 rings (SSSR count). The first kappa shape index (κ1) is 9.01. The normalized spacial score (nSPS) is 10.5. The van der Waals surface area contributed by atoms with Gasteiger partial charge in [-0.2, -0.15) is 0 Å². The number of rotatable bonds is 2. The molecule has 0 fully saturated rings. The third-order valence-corrected chi connectivity index (χ3v) is 1.77. The van der Waals surface area contributed by atoms with Crippen LogP contribution >= 0.6 is 11.6 Å². The van der Waals surface area contributed by atoms with E-state index in [0.717, 1.165) is 16.1 Å². The Morgan fingerprint density at radius 3 is 2.75 bits per heavy atom. The van der Waals surface area contributed by atoms with Crippen LogP contribution in [0.4, 0.5) is 0 Å². The van der Waals surface area contributed by atoms with Crippen LogP contribution in [0.2, 0.25) is 5.02 Å². The minimum Gasteiger partial charge on any atom is -0.296 e. The maximum absolute atomic E-state index is 5.81. The molecule has 0 atom stereocenters. The van der Waals surface area contributed by atoms with E-state index in [1.807, 2.05) is 18.2 Å². The van der Waals surface area contributed by atoms with Crippen molar-refractivity contribution >= 4 is 23.9 Å². The number of halogens is 1. The number of nitrogens with zero attached hydrogens (tertiary/aromatic N) is 1. The highest BCUT2D eigenvalue weighted by Gasteiger charge is 1.96. The van der Waals surface area contributed by atoms with E-state index in [0.29, 0.717) is 0 Å². The van der Waals surface area contributed by atoms with Gasteiger partial charge in [0.15, 0.2) is 0 Å². The zero-order chi connectivity index (χ0) is 8.97. The standard InChI is InChI=1S/C10H10ClN/c1-3-8-4-5-10(11)6-9(8)7-12-2/h3-7H,1H2,2H3/b12-7-. The quantitative estimate of drug-likeness (QED) is 0.619. The highest BCUT2D eigenvalue weighted by atomic mass is 35.5. The summed E-state index contributed by atoms with van der Waals surface area (Å²) < 4.78 is 0. The monoisotopic (exact) mass is 179 g/mol. The summed E-state index contributed by atoms with van der Waals surface area (Å²) in [5.41, 5.74) is 2.05. The summed E-state index contributed by atoms with van der Waals surface area (Å²) in [4.78, 5) is 3.92. The molecule has 1 aromatic rings. The van der Waals surface area contributed by atoms with Crippen LogP contribution < -0.4 is 0 Å². The lowest BCUT2D eigenvalue weighted by atomic mass is 10.1. The largest absolute Gasteiger partial charge is 0.296 e. The third kappa shape index (κ3) is 1.95. The topological polar surface area (TPSA) is 12.4 Å². The lowest BCUT2D eigenvalue weighted by molar-refractivity contribution is 1.46. The molecular weight excluding hydrogens is 170 g/mol. The summed E-state index contributed by atoms with van der Waals surface area (Å²) in [5, 5.41) is 0.718. The molecule has 0 aliphatic carbocycles. The van der Waals surface area contributed by atoms with Gasteiger partial charge in [-0.3, -0.25) is 4.99 Å². The van der Waals surface area contributed by atoms with Gasteiger partial charge in [0.1, 0.15) is 0 Å². The van der Waals surface area contributed by atoms with Crippen LogP contribution in [0, 0.1) is 0 Å². The Labute approximate surface area is 77.4 Å². The number of hydrogen-bond acceptors (Lipinski definition) is 1. The van der Waals surface area contributed by atoms with E-state index in [1.54, 1.807) is 19.3 Å². The van der Waals surface area contributed by atoms with E-state index < -0.39 is 0 Å². The number of hydrogen-bond donors (Lipinski definition) is 0. The van der Waals surface area contributed by atoms with Crippen LogP contribution in [-0.2, 0) is 0 Å². The van der Waals surface area contributed by atoms with Crippen molar-refractivity contribution in [3.8, 4) is 0 Å². The van der Waals surface area contributed by atoms with Crippen LogP contribution in [-0.4, -0.2) is 13.3 Å². The second-order valence-corrected chi connectivity index (χ2v) is 2.80. The van der Waals surface area contributed by atoms with Crippen molar-refractivity contribution in [2.24, 2.45) is 4.99 Å². The molecule has 0 aliphatic rings. The third-order valence-electron chi connectivity index (χ3n) is 1.54. The fourth-order valence-electron chi connectivity index (χ4n) is 0.982. The highest BCUT2D eigenvalue weighted by Crippen LogP contribution is 2.15. The molecule has 1 aromatic carbocycles. The van der Waals surface area contributed by atoms with E-state index in [9.17, 15) is 0 Å². The molecule has 0 bridgehead atoms. The van der Waals surface area contributed by atoms with Gasteiger partial charge >= 0.3 is 0 Å². The second-order valence-electron chi connectivity index (χ2n) is 2.36. The maximum atomic E-state index is 5.81. The van der Waals surface area contributed by atoms with Gasteiger partial charge in [-0.1, -0.05) is 30.3 Å². The summed E-state index contributed by atoms with van der Waals surface area (Å²) in [5.74, 6) is 0. The predicted molar refractivity (Wildman–Crippen MR) is 55.1 cm³/mol. The van der Waals surface area contributed by atoms with Gasteiger partial charge in [-0.15, -0.1) is 0 Å². The van der Waals surface area contributed by atoms with Gasteiger partial charge in [0.2, 0.25) is 0 Å². The lowest BCUT2D eigenvalue weighted by Gasteiger charge is -1.99.